The second kappa shape index (κ2) is 6.69. The zero-order valence-electron chi connectivity index (χ0n) is 15.1. The van der Waals surface area contributed by atoms with Gasteiger partial charge in [-0.25, -0.2) is 13.1 Å². The molecule has 24 heavy (non-hydrogen) atoms. The lowest BCUT2D eigenvalue weighted by molar-refractivity contribution is 0.445. The van der Waals surface area contributed by atoms with Crippen molar-refractivity contribution in [2.75, 3.05) is 0 Å². The summed E-state index contributed by atoms with van der Waals surface area (Å²) in [5, 5.41) is 0. The average Bonchev–Trinajstić information content (AvgIpc) is 2.46. The summed E-state index contributed by atoms with van der Waals surface area (Å²) in [6.07, 6.45) is 0.631. The minimum atomic E-state index is -3.54. The molecular formula is C20H27NO2S. The lowest BCUT2D eigenvalue weighted by Crippen LogP contribution is -2.45. The number of hydrogen-bond donors (Lipinski definition) is 1. The van der Waals surface area contributed by atoms with Gasteiger partial charge in [-0.1, -0.05) is 63.2 Å². The van der Waals surface area contributed by atoms with E-state index in [1.165, 1.54) is 11.1 Å². The van der Waals surface area contributed by atoms with Crippen LogP contribution < -0.4 is 4.72 Å². The van der Waals surface area contributed by atoms with Crippen LogP contribution in [-0.4, -0.2) is 14.0 Å². The smallest absolute Gasteiger partial charge is 0.207 e. The SMILES string of the molecule is CC(C)(Cc1ccccc1C(C)(C)C)NS(=O)(=O)c1ccccc1. The Morgan fingerprint density at radius 2 is 1.38 bits per heavy atom. The Morgan fingerprint density at radius 1 is 0.833 bits per heavy atom. The molecule has 0 aliphatic heterocycles. The second-order valence-corrected chi connectivity index (χ2v) is 9.57. The fraction of sp³-hybridized carbons (Fsp3) is 0.400. The van der Waals surface area contributed by atoms with Crippen molar-refractivity contribution in [2.24, 2.45) is 0 Å². The highest BCUT2D eigenvalue weighted by molar-refractivity contribution is 7.89. The fourth-order valence-electron chi connectivity index (χ4n) is 2.94. The number of sulfonamides is 1. The summed E-state index contributed by atoms with van der Waals surface area (Å²) in [6.45, 7) is 10.4. The van der Waals surface area contributed by atoms with Crippen molar-refractivity contribution >= 4 is 10.0 Å². The first-order valence-corrected chi connectivity index (χ1v) is 9.67. The average molecular weight is 346 g/mol. The van der Waals surface area contributed by atoms with Crippen molar-refractivity contribution in [3.8, 4) is 0 Å². The van der Waals surface area contributed by atoms with E-state index in [1.54, 1.807) is 24.3 Å². The van der Waals surface area contributed by atoms with Gasteiger partial charge in [-0.2, -0.15) is 0 Å². The molecule has 0 radical (unpaired) electrons. The molecule has 0 bridgehead atoms. The first-order chi connectivity index (χ1) is 11.0. The Hall–Kier alpha value is -1.65. The summed E-state index contributed by atoms with van der Waals surface area (Å²) >= 11 is 0. The van der Waals surface area contributed by atoms with Crippen LogP contribution >= 0.6 is 0 Å². The number of benzene rings is 2. The minimum Gasteiger partial charge on any atom is -0.207 e. The molecule has 0 amide bonds. The molecular weight excluding hydrogens is 318 g/mol. The van der Waals surface area contributed by atoms with Crippen LogP contribution in [0.2, 0.25) is 0 Å². The van der Waals surface area contributed by atoms with Gasteiger partial charge in [0.1, 0.15) is 0 Å². The molecule has 0 aliphatic carbocycles. The van der Waals surface area contributed by atoms with Gasteiger partial charge in [0.2, 0.25) is 10.0 Å². The molecule has 0 aromatic heterocycles. The maximum absolute atomic E-state index is 12.6. The summed E-state index contributed by atoms with van der Waals surface area (Å²) in [7, 11) is -3.54. The van der Waals surface area contributed by atoms with Crippen LogP contribution in [0.5, 0.6) is 0 Å². The predicted octanol–water partition coefficient (Wildman–Crippen LogP) is 4.28. The first kappa shape index (κ1) is 18.7. The van der Waals surface area contributed by atoms with Crippen molar-refractivity contribution in [3.05, 3.63) is 65.7 Å². The topological polar surface area (TPSA) is 46.2 Å². The molecule has 2 aromatic rings. The quantitative estimate of drug-likeness (QED) is 0.879. The monoisotopic (exact) mass is 345 g/mol. The van der Waals surface area contributed by atoms with Crippen LogP contribution in [0.1, 0.15) is 45.7 Å². The highest BCUT2D eigenvalue weighted by Crippen LogP contribution is 2.28. The van der Waals surface area contributed by atoms with Crippen LogP contribution in [-0.2, 0) is 21.9 Å². The van der Waals surface area contributed by atoms with Crippen LogP contribution in [0.4, 0.5) is 0 Å². The van der Waals surface area contributed by atoms with Crippen molar-refractivity contribution in [3.63, 3.8) is 0 Å². The predicted molar refractivity (Wildman–Crippen MR) is 99.7 cm³/mol. The summed E-state index contributed by atoms with van der Waals surface area (Å²) < 4.78 is 28.1. The van der Waals surface area contributed by atoms with Crippen LogP contribution in [0.3, 0.4) is 0 Å². The zero-order valence-corrected chi connectivity index (χ0v) is 15.9. The molecule has 0 saturated carbocycles. The van der Waals surface area contributed by atoms with E-state index in [-0.39, 0.29) is 5.41 Å². The van der Waals surface area contributed by atoms with Crippen molar-refractivity contribution in [1.29, 1.82) is 0 Å². The highest BCUT2D eigenvalue weighted by atomic mass is 32.2. The van der Waals surface area contributed by atoms with E-state index < -0.39 is 15.6 Å². The molecule has 0 unspecified atom stereocenters. The highest BCUT2D eigenvalue weighted by Gasteiger charge is 2.28. The number of nitrogens with one attached hydrogen (secondary N) is 1. The molecule has 0 atom stereocenters. The Labute approximate surface area is 146 Å². The lowest BCUT2D eigenvalue weighted by atomic mass is 9.80. The molecule has 0 heterocycles. The van der Waals surface area contributed by atoms with Crippen molar-refractivity contribution in [1.82, 2.24) is 4.72 Å². The largest absolute Gasteiger partial charge is 0.241 e. The maximum atomic E-state index is 12.6. The summed E-state index contributed by atoms with van der Waals surface area (Å²) in [5.74, 6) is 0. The van der Waals surface area contributed by atoms with E-state index in [0.29, 0.717) is 11.3 Å². The molecule has 1 N–H and O–H groups in total. The molecule has 2 aromatic carbocycles. The normalized spacial score (nSPS) is 13.0. The Kier molecular flexibility index (Phi) is 5.21. The van der Waals surface area contributed by atoms with Gasteiger partial charge in [-0.15, -0.1) is 0 Å². The van der Waals surface area contributed by atoms with E-state index >= 15 is 0 Å². The molecule has 0 aliphatic rings. The Balaban J connectivity index is 2.27. The molecule has 0 fully saturated rings. The summed E-state index contributed by atoms with van der Waals surface area (Å²) in [5.41, 5.74) is 1.85. The van der Waals surface area contributed by atoms with Crippen LogP contribution in [0, 0.1) is 0 Å². The Morgan fingerprint density at radius 3 is 1.96 bits per heavy atom. The molecule has 2 rings (SSSR count). The molecule has 0 spiro atoms. The van der Waals surface area contributed by atoms with E-state index in [0.717, 1.165) is 0 Å². The van der Waals surface area contributed by atoms with Gasteiger partial charge in [-0.3, -0.25) is 0 Å². The third-order valence-corrected chi connectivity index (χ3v) is 5.64. The van der Waals surface area contributed by atoms with E-state index in [4.69, 9.17) is 0 Å². The minimum absolute atomic E-state index is 0.0188. The fourth-order valence-corrected chi connectivity index (χ4v) is 4.37. The molecule has 4 heteroatoms. The molecule has 3 nitrogen and oxygen atoms in total. The van der Waals surface area contributed by atoms with Crippen molar-refractivity contribution in [2.45, 2.75) is 56.9 Å². The number of hydrogen-bond acceptors (Lipinski definition) is 2. The summed E-state index contributed by atoms with van der Waals surface area (Å²) in [4.78, 5) is 0.294. The number of rotatable bonds is 5. The standard InChI is InChI=1S/C20H27NO2S/c1-19(2,3)18-14-10-9-11-16(18)15-20(4,5)21-24(22,23)17-12-7-6-8-13-17/h6-14,21H,15H2,1-5H3. The van der Waals surface area contributed by atoms with Gasteiger partial charge < -0.3 is 0 Å². The van der Waals surface area contributed by atoms with E-state index in [1.807, 2.05) is 32.0 Å². The van der Waals surface area contributed by atoms with E-state index in [2.05, 4.69) is 37.6 Å². The molecule has 0 saturated heterocycles. The maximum Gasteiger partial charge on any atom is 0.241 e. The van der Waals surface area contributed by atoms with Gasteiger partial charge in [0, 0.05) is 5.54 Å². The molecule has 130 valence electrons. The van der Waals surface area contributed by atoms with Gasteiger partial charge >= 0.3 is 0 Å². The Bertz CT molecular complexity index is 788. The lowest BCUT2D eigenvalue weighted by Gasteiger charge is -2.30. The van der Waals surface area contributed by atoms with E-state index in [9.17, 15) is 8.42 Å². The van der Waals surface area contributed by atoms with Crippen LogP contribution in [0.15, 0.2) is 59.5 Å². The van der Waals surface area contributed by atoms with Gasteiger partial charge in [0.05, 0.1) is 4.90 Å². The zero-order chi connectivity index (χ0) is 18.0. The van der Waals surface area contributed by atoms with Gasteiger partial charge in [0.15, 0.2) is 0 Å². The third kappa shape index (κ3) is 4.68. The second-order valence-electron chi connectivity index (χ2n) is 7.89. The summed E-state index contributed by atoms with van der Waals surface area (Å²) in [6, 6.07) is 16.7. The van der Waals surface area contributed by atoms with Crippen LogP contribution in [0.25, 0.3) is 0 Å². The van der Waals surface area contributed by atoms with Gasteiger partial charge in [-0.05, 0) is 48.9 Å². The third-order valence-electron chi connectivity index (χ3n) is 3.92. The van der Waals surface area contributed by atoms with Crippen molar-refractivity contribution < 1.29 is 8.42 Å². The first-order valence-electron chi connectivity index (χ1n) is 8.19. The van der Waals surface area contributed by atoms with Gasteiger partial charge in [0.25, 0.3) is 0 Å².